The van der Waals surface area contributed by atoms with Gasteiger partial charge >= 0.3 is 0 Å². The summed E-state index contributed by atoms with van der Waals surface area (Å²) in [6.45, 7) is 7.02. The van der Waals surface area contributed by atoms with Crippen LogP contribution >= 0.6 is 23.2 Å². The molecule has 0 atom stereocenters. The fourth-order valence-electron chi connectivity index (χ4n) is 4.85. The molecule has 5 rings (SSSR count). The van der Waals surface area contributed by atoms with Crippen LogP contribution in [0.2, 0.25) is 10.0 Å². The summed E-state index contributed by atoms with van der Waals surface area (Å²) in [5.41, 5.74) is 3.12. The maximum absolute atomic E-state index is 12.9. The Morgan fingerprint density at radius 3 is 2.46 bits per heavy atom. The molecule has 8 nitrogen and oxygen atoms in total. The summed E-state index contributed by atoms with van der Waals surface area (Å²) in [7, 11) is 0. The Labute approximate surface area is 226 Å². The first-order valence-corrected chi connectivity index (χ1v) is 13.5. The van der Waals surface area contributed by atoms with Gasteiger partial charge in [-0.25, -0.2) is 0 Å². The molecule has 0 radical (unpaired) electrons. The largest absolute Gasteiger partial charge is 0.379 e. The molecule has 0 bridgehead atoms. The zero-order chi connectivity index (χ0) is 25.6. The summed E-state index contributed by atoms with van der Waals surface area (Å²) in [5, 5.41) is 8.29. The summed E-state index contributed by atoms with van der Waals surface area (Å²) in [4.78, 5) is 22.1. The number of halogens is 2. The number of hydrogen-bond acceptors (Lipinski definition) is 7. The van der Waals surface area contributed by atoms with E-state index < -0.39 is 0 Å². The fourth-order valence-corrected chi connectivity index (χ4v) is 5.35. The number of piperidine rings is 1. The van der Waals surface area contributed by atoms with E-state index in [1.54, 1.807) is 18.2 Å². The second-order valence-electron chi connectivity index (χ2n) is 9.56. The van der Waals surface area contributed by atoms with Gasteiger partial charge in [0.15, 0.2) is 0 Å². The fraction of sp³-hybridized carbons (Fsp3) is 0.444. The van der Waals surface area contributed by atoms with Gasteiger partial charge in [-0.2, -0.15) is 4.98 Å². The third-order valence-electron chi connectivity index (χ3n) is 7.03. The predicted molar refractivity (Wildman–Crippen MR) is 142 cm³/mol. The van der Waals surface area contributed by atoms with E-state index in [1.807, 2.05) is 6.07 Å². The number of hydrogen-bond donors (Lipinski definition) is 1. The van der Waals surface area contributed by atoms with Crippen LogP contribution in [0.5, 0.6) is 0 Å². The Morgan fingerprint density at radius 1 is 0.973 bits per heavy atom. The Morgan fingerprint density at radius 2 is 1.70 bits per heavy atom. The van der Waals surface area contributed by atoms with Crippen LogP contribution in [0.1, 0.15) is 29.9 Å². The highest BCUT2D eigenvalue weighted by atomic mass is 35.5. The summed E-state index contributed by atoms with van der Waals surface area (Å²) in [5.74, 6) is 1.10. The number of morpholine rings is 1. The normalized spacial score (nSPS) is 17.7. The second kappa shape index (κ2) is 12.4. The van der Waals surface area contributed by atoms with Crippen molar-refractivity contribution in [2.75, 3.05) is 39.4 Å². The third-order valence-corrected chi connectivity index (χ3v) is 7.57. The van der Waals surface area contributed by atoms with Crippen molar-refractivity contribution < 1.29 is 14.1 Å². The van der Waals surface area contributed by atoms with Crippen molar-refractivity contribution >= 4 is 29.1 Å². The summed E-state index contributed by atoms with van der Waals surface area (Å²) in [6.07, 6.45) is 1.59. The van der Waals surface area contributed by atoms with Crippen molar-refractivity contribution in [3.8, 4) is 11.4 Å². The molecule has 0 aliphatic carbocycles. The van der Waals surface area contributed by atoms with Crippen molar-refractivity contribution in [1.29, 1.82) is 0 Å². The van der Waals surface area contributed by atoms with Crippen LogP contribution in [0.15, 0.2) is 47.0 Å². The lowest BCUT2D eigenvalue weighted by Gasteiger charge is -2.30. The number of amides is 1. The lowest BCUT2D eigenvalue weighted by Crippen LogP contribution is -2.40. The number of aromatic nitrogens is 2. The average molecular weight is 544 g/mol. The molecule has 2 aromatic carbocycles. The quantitative estimate of drug-likeness (QED) is 0.450. The van der Waals surface area contributed by atoms with E-state index in [-0.39, 0.29) is 11.8 Å². The van der Waals surface area contributed by atoms with Crippen molar-refractivity contribution in [1.82, 2.24) is 25.3 Å². The Hall–Kier alpha value is -2.49. The molecule has 3 aromatic rings. The maximum atomic E-state index is 12.9. The first kappa shape index (κ1) is 26.1. The number of ether oxygens (including phenoxy) is 1. The molecular formula is C27H31Cl2N5O3. The highest BCUT2D eigenvalue weighted by molar-refractivity contribution is 6.36. The van der Waals surface area contributed by atoms with Gasteiger partial charge in [0.25, 0.3) is 0 Å². The highest BCUT2D eigenvalue weighted by Gasteiger charge is 2.26. The Bertz CT molecular complexity index is 1210. The average Bonchev–Trinajstić information content (AvgIpc) is 3.37. The molecule has 0 saturated carbocycles. The van der Waals surface area contributed by atoms with Gasteiger partial charge in [0.2, 0.25) is 17.6 Å². The summed E-state index contributed by atoms with van der Waals surface area (Å²) >= 11 is 12.2. The lowest BCUT2D eigenvalue weighted by atomic mass is 9.95. The molecule has 2 aliphatic rings. The minimum atomic E-state index is 0.00813. The first-order chi connectivity index (χ1) is 18.0. The number of nitrogens with one attached hydrogen (secondary N) is 1. The number of rotatable bonds is 8. The molecule has 2 saturated heterocycles. The van der Waals surface area contributed by atoms with Crippen LogP contribution in [0.3, 0.4) is 0 Å². The SMILES string of the molecule is O=C(NCc1ccccc1CN1CCOCC1)C1CCN(Cc2nc(-c3ccc(Cl)cc3Cl)no2)CC1. The molecule has 1 N–H and O–H groups in total. The van der Waals surface area contributed by atoms with Crippen LogP contribution in [0.25, 0.3) is 11.4 Å². The molecule has 2 aliphatic heterocycles. The molecule has 1 amide bonds. The molecule has 196 valence electrons. The first-order valence-electron chi connectivity index (χ1n) is 12.7. The van der Waals surface area contributed by atoms with Gasteiger partial charge in [-0.1, -0.05) is 52.6 Å². The van der Waals surface area contributed by atoms with E-state index >= 15 is 0 Å². The van der Waals surface area contributed by atoms with Gasteiger partial charge in [-0.05, 0) is 55.3 Å². The smallest absolute Gasteiger partial charge is 0.241 e. The molecule has 1 aromatic heterocycles. The van der Waals surface area contributed by atoms with Crippen molar-refractivity contribution in [2.45, 2.75) is 32.5 Å². The van der Waals surface area contributed by atoms with E-state index in [1.165, 1.54) is 11.1 Å². The van der Waals surface area contributed by atoms with E-state index in [2.05, 4.69) is 43.5 Å². The van der Waals surface area contributed by atoms with Gasteiger partial charge < -0.3 is 14.6 Å². The van der Waals surface area contributed by atoms with Crippen LogP contribution in [0, 0.1) is 5.92 Å². The zero-order valence-electron chi connectivity index (χ0n) is 20.7. The highest BCUT2D eigenvalue weighted by Crippen LogP contribution is 2.29. The number of benzene rings is 2. The maximum Gasteiger partial charge on any atom is 0.241 e. The van der Waals surface area contributed by atoms with Crippen molar-refractivity contribution in [2.24, 2.45) is 5.92 Å². The van der Waals surface area contributed by atoms with Crippen LogP contribution in [-0.4, -0.2) is 65.2 Å². The Balaban J connectivity index is 1.09. The number of carbonyl (C=O) groups is 1. The zero-order valence-corrected chi connectivity index (χ0v) is 22.2. The number of carbonyl (C=O) groups excluding carboxylic acids is 1. The van der Waals surface area contributed by atoms with Crippen molar-refractivity contribution in [3.05, 3.63) is 69.5 Å². The predicted octanol–water partition coefficient (Wildman–Crippen LogP) is 4.40. The number of likely N-dealkylation sites (tertiary alicyclic amines) is 1. The molecule has 0 unspecified atom stereocenters. The van der Waals surface area contributed by atoms with Gasteiger partial charge in [-0.3, -0.25) is 14.6 Å². The second-order valence-corrected chi connectivity index (χ2v) is 10.4. The molecule has 37 heavy (non-hydrogen) atoms. The van der Waals surface area contributed by atoms with Gasteiger partial charge in [-0.15, -0.1) is 0 Å². The monoisotopic (exact) mass is 543 g/mol. The topological polar surface area (TPSA) is 83.7 Å². The third kappa shape index (κ3) is 6.89. The minimum absolute atomic E-state index is 0.00813. The summed E-state index contributed by atoms with van der Waals surface area (Å²) < 4.78 is 10.9. The standard InChI is InChI=1S/C27H31Cl2N5O3/c28-22-5-6-23(24(29)15-22)26-31-25(37-32-26)18-33-9-7-19(8-10-33)27(35)30-16-20-3-1-2-4-21(20)17-34-11-13-36-14-12-34/h1-6,15,19H,7-14,16-18H2,(H,30,35). The van der Waals surface area contributed by atoms with E-state index in [9.17, 15) is 4.79 Å². The van der Waals surface area contributed by atoms with Gasteiger partial charge in [0, 0.05) is 42.7 Å². The van der Waals surface area contributed by atoms with E-state index in [0.29, 0.717) is 40.4 Å². The molecule has 0 spiro atoms. The molecule has 10 heteroatoms. The molecule has 3 heterocycles. The van der Waals surface area contributed by atoms with Crippen LogP contribution in [-0.2, 0) is 29.2 Å². The van der Waals surface area contributed by atoms with E-state index in [0.717, 1.165) is 58.8 Å². The number of nitrogens with zero attached hydrogens (tertiary/aromatic N) is 4. The van der Waals surface area contributed by atoms with Crippen LogP contribution in [0.4, 0.5) is 0 Å². The Kier molecular flexibility index (Phi) is 8.74. The van der Waals surface area contributed by atoms with Crippen molar-refractivity contribution in [3.63, 3.8) is 0 Å². The van der Waals surface area contributed by atoms with Crippen LogP contribution < -0.4 is 5.32 Å². The summed E-state index contributed by atoms with van der Waals surface area (Å²) in [6, 6.07) is 13.5. The lowest BCUT2D eigenvalue weighted by molar-refractivity contribution is -0.126. The van der Waals surface area contributed by atoms with E-state index in [4.69, 9.17) is 32.5 Å². The van der Waals surface area contributed by atoms with Gasteiger partial charge in [0.05, 0.1) is 24.8 Å². The van der Waals surface area contributed by atoms with Gasteiger partial charge in [0.1, 0.15) is 0 Å². The minimum Gasteiger partial charge on any atom is -0.379 e. The molecular weight excluding hydrogens is 513 g/mol. The molecule has 2 fully saturated rings.